The third-order valence-corrected chi connectivity index (χ3v) is 7.32. The van der Waals surface area contributed by atoms with Crippen LogP contribution in [0.4, 0.5) is 10.8 Å². The molecule has 30 heavy (non-hydrogen) atoms. The van der Waals surface area contributed by atoms with Gasteiger partial charge in [-0.25, -0.2) is 18.4 Å². The van der Waals surface area contributed by atoms with Crippen LogP contribution in [0, 0.1) is 0 Å². The quantitative estimate of drug-likeness (QED) is 0.422. The second kappa shape index (κ2) is 9.54. The van der Waals surface area contributed by atoms with E-state index >= 15 is 0 Å². The summed E-state index contributed by atoms with van der Waals surface area (Å²) in [6.07, 6.45) is 1.48. The average Bonchev–Trinajstić information content (AvgIpc) is 3.03. The van der Waals surface area contributed by atoms with Crippen molar-refractivity contribution in [3.8, 4) is 0 Å². The van der Waals surface area contributed by atoms with Crippen molar-refractivity contribution in [3.63, 3.8) is 0 Å². The highest BCUT2D eigenvalue weighted by molar-refractivity contribution is 7.91. The van der Waals surface area contributed by atoms with E-state index in [1.807, 2.05) is 24.3 Å². The number of hydrogen-bond donors (Lipinski definition) is 3. The van der Waals surface area contributed by atoms with Gasteiger partial charge >= 0.3 is 0 Å². The molecule has 5 N–H and O–H groups in total. The molecule has 2 heterocycles. The van der Waals surface area contributed by atoms with Crippen LogP contribution in [0.1, 0.15) is 23.1 Å². The van der Waals surface area contributed by atoms with Crippen molar-refractivity contribution < 1.29 is 13.2 Å². The molecule has 1 aromatic carbocycles. The normalized spacial score (nSPS) is 16.2. The number of thiazole rings is 1. The fourth-order valence-electron chi connectivity index (χ4n) is 3.17. The number of hydrogen-bond acceptors (Lipinski definition) is 7. The van der Waals surface area contributed by atoms with Crippen molar-refractivity contribution in [1.29, 1.82) is 0 Å². The van der Waals surface area contributed by atoms with Gasteiger partial charge in [0.25, 0.3) is 0 Å². The molecule has 1 saturated heterocycles. The summed E-state index contributed by atoms with van der Waals surface area (Å²) < 4.78 is 23.4. The fraction of sp³-hybridized carbons (Fsp3) is 0.421. The van der Waals surface area contributed by atoms with E-state index < -0.39 is 9.84 Å². The molecule has 0 saturated carbocycles. The molecule has 1 aliphatic heterocycles. The molecule has 0 bridgehead atoms. The minimum absolute atomic E-state index is 0.0193. The fourth-order valence-corrected chi connectivity index (χ4v) is 5.54. The Morgan fingerprint density at radius 2 is 1.87 bits per heavy atom. The molecule has 0 radical (unpaired) electrons. The van der Waals surface area contributed by atoms with Crippen LogP contribution in [0.3, 0.4) is 0 Å². The van der Waals surface area contributed by atoms with Crippen molar-refractivity contribution in [1.82, 2.24) is 9.88 Å². The number of aromatic nitrogens is 1. The van der Waals surface area contributed by atoms with Crippen LogP contribution in [-0.4, -0.2) is 54.8 Å². The van der Waals surface area contributed by atoms with E-state index in [-0.39, 0.29) is 23.4 Å². The first-order chi connectivity index (χ1) is 14.2. The number of carbonyl (C=O) groups is 1. The van der Waals surface area contributed by atoms with Crippen molar-refractivity contribution in [2.24, 2.45) is 16.5 Å². The topological polar surface area (TPSA) is 144 Å². The van der Waals surface area contributed by atoms with Crippen LogP contribution in [0.5, 0.6) is 0 Å². The first-order valence-electron chi connectivity index (χ1n) is 9.58. The monoisotopic (exact) mass is 450 g/mol. The van der Waals surface area contributed by atoms with E-state index in [1.165, 1.54) is 18.3 Å². The molecule has 0 spiro atoms. The predicted octanol–water partition coefficient (Wildman–Crippen LogP) is 1.02. The summed E-state index contributed by atoms with van der Waals surface area (Å²) in [5.74, 6) is 0.219. The number of aliphatic imine (C=N–C) groups is 1. The highest BCUT2D eigenvalue weighted by atomic mass is 32.2. The highest BCUT2D eigenvalue weighted by Gasteiger charge is 2.23. The Morgan fingerprint density at radius 1 is 1.20 bits per heavy atom. The van der Waals surface area contributed by atoms with Crippen molar-refractivity contribution in [3.05, 3.63) is 40.4 Å². The van der Waals surface area contributed by atoms with Crippen LogP contribution in [0.25, 0.3) is 0 Å². The molecule has 2 aromatic rings. The van der Waals surface area contributed by atoms with Gasteiger partial charge in [-0.2, -0.15) is 0 Å². The zero-order valence-corrected chi connectivity index (χ0v) is 18.4. The van der Waals surface area contributed by atoms with E-state index in [0.29, 0.717) is 36.9 Å². The summed E-state index contributed by atoms with van der Waals surface area (Å²) in [6.45, 7) is 3.11. The number of rotatable bonds is 7. The maximum absolute atomic E-state index is 11.7. The van der Waals surface area contributed by atoms with Gasteiger partial charge in [-0.3, -0.25) is 9.69 Å². The van der Waals surface area contributed by atoms with Gasteiger partial charge in [-0.1, -0.05) is 12.1 Å². The number of nitrogens with zero attached hydrogens (tertiary/aromatic N) is 3. The molecule has 162 valence electrons. The minimum Gasteiger partial charge on any atom is -0.370 e. The maximum Gasteiger partial charge on any atom is 0.223 e. The molecule has 0 aliphatic carbocycles. The molecule has 1 aromatic heterocycles. The minimum atomic E-state index is -2.92. The van der Waals surface area contributed by atoms with Crippen molar-refractivity contribution in [2.75, 3.05) is 29.9 Å². The van der Waals surface area contributed by atoms with E-state index in [2.05, 4.69) is 20.2 Å². The smallest absolute Gasteiger partial charge is 0.223 e. The van der Waals surface area contributed by atoms with E-state index in [9.17, 15) is 13.2 Å². The Bertz CT molecular complexity index is 1010. The number of anilines is 1. The average molecular weight is 451 g/mol. The number of carbonyl (C=O) groups excluding carboxylic acids is 1. The van der Waals surface area contributed by atoms with Gasteiger partial charge in [-0.05, 0) is 30.5 Å². The van der Waals surface area contributed by atoms with Crippen LogP contribution < -0.4 is 16.8 Å². The number of benzene rings is 1. The standard InChI is InChI=1S/C19H26N6O3S2/c1-13(26)22-19-24-16(7-4-14-2-5-15(6-3-14)23-18(20)21)17(29-19)12-25-8-10-30(27,28)11-9-25/h2-3,5-6H,4,7-12H2,1H3,(H4,20,21,23)(H,22,24,26). The molecule has 11 heteroatoms. The van der Waals surface area contributed by atoms with Gasteiger partial charge in [-0.15, -0.1) is 11.3 Å². The molecule has 1 fully saturated rings. The summed E-state index contributed by atoms with van der Waals surface area (Å²) in [5, 5.41) is 3.33. The lowest BCUT2D eigenvalue weighted by atomic mass is 10.1. The van der Waals surface area contributed by atoms with E-state index in [4.69, 9.17) is 11.5 Å². The first kappa shape index (κ1) is 22.2. The van der Waals surface area contributed by atoms with Crippen LogP contribution in [0.15, 0.2) is 29.3 Å². The molecular formula is C19H26N6O3S2. The molecule has 0 unspecified atom stereocenters. The lowest BCUT2D eigenvalue weighted by molar-refractivity contribution is -0.114. The summed E-state index contributed by atoms with van der Waals surface area (Å²) in [5.41, 5.74) is 13.5. The zero-order chi connectivity index (χ0) is 21.7. The highest BCUT2D eigenvalue weighted by Crippen LogP contribution is 2.27. The van der Waals surface area contributed by atoms with Gasteiger partial charge in [0.1, 0.15) is 0 Å². The lowest BCUT2D eigenvalue weighted by Gasteiger charge is -2.26. The first-order valence-corrected chi connectivity index (χ1v) is 12.2. The number of nitrogens with two attached hydrogens (primary N) is 2. The third kappa shape index (κ3) is 6.51. The third-order valence-electron chi connectivity index (χ3n) is 4.71. The molecule has 0 atom stereocenters. The second-order valence-electron chi connectivity index (χ2n) is 7.20. The van der Waals surface area contributed by atoms with Gasteiger partial charge in [0, 0.05) is 31.4 Å². The van der Waals surface area contributed by atoms with Gasteiger partial charge in [0.2, 0.25) is 5.91 Å². The van der Waals surface area contributed by atoms with E-state index in [0.717, 1.165) is 22.6 Å². The molecular weight excluding hydrogens is 424 g/mol. The molecule has 3 rings (SSSR count). The van der Waals surface area contributed by atoms with Crippen molar-refractivity contribution >= 4 is 43.9 Å². The Balaban J connectivity index is 1.70. The second-order valence-corrected chi connectivity index (χ2v) is 10.6. The number of aryl methyl sites for hydroxylation is 2. The number of guanidine groups is 1. The molecule has 1 amide bonds. The maximum atomic E-state index is 11.7. The SMILES string of the molecule is CC(=O)Nc1nc(CCc2ccc(N=C(N)N)cc2)c(CN2CCS(=O)(=O)CC2)s1. The van der Waals surface area contributed by atoms with Crippen molar-refractivity contribution in [2.45, 2.75) is 26.3 Å². The largest absolute Gasteiger partial charge is 0.370 e. The predicted molar refractivity (Wildman–Crippen MR) is 120 cm³/mol. The summed E-state index contributed by atoms with van der Waals surface area (Å²) >= 11 is 1.45. The Hall–Kier alpha value is -2.50. The van der Waals surface area contributed by atoms with Crippen LogP contribution in [0.2, 0.25) is 0 Å². The molecule has 1 aliphatic rings. The summed E-state index contributed by atoms with van der Waals surface area (Å²) in [6, 6.07) is 7.65. The lowest BCUT2D eigenvalue weighted by Crippen LogP contribution is -2.39. The van der Waals surface area contributed by atoms with Gasteiger partial charge in [0.05, 0.1) is 22.9 Å². The summed E-state index contributed by atoms with van der Waals surface area (Å²) in [7, 11) is -2.92. The van der Waals surface area contributed by atoms with Crippen LogP contribution in [-0.2, 0) is 34.0 Å². The van der Waals surface area contributed by atoms with Gasteiger partial charge < -0.3 is 16.8 Å². The Morgan fingerprint density at radius 3 is 2.47 bits per heavy atom. The number of nitrogens with one attached hydrogen (secondary N) is 1. The number of amides is 1. The Kier molecular flexibility index (Phi) is 7.06. The molecule has 9 nitrogen and oxygen atoms in total. The zero-order valence-electron chi connectivity index (χ0n) is 16.8. The van der Waals surface area contributed by atoms with E-state index in [1.54, 1.807) is 0 Å². The van der Waals surface area contributed by atoms with Gasteiger partial charge in [0.15, 0.2) is 20.9 Å². The Labute approximate surface area is 180 Å². The number of sulfone groups is 1. The van der Waals surface area contributed by atoms with Crippen LogP contribution >= 0.6 is 11.3 Å². The summed E-state index contributed by atoms with van der Waals surface area (Å²) in [4.78, 5) is 23.2.